The largest absolute Gasteiger partial charge is 0.465 e. The third-order valence-electron chi connectivity index (χ3n) is 2.08. The molecule has 1 heterocycles. The van der Waals surface area contributed by atoms with E-state index in [0.717, 1.165) is 18.6 Å². The lowest BCUT2D eigenvalue weighted by molar-refractivity contribution is -0.145. The van der Waals surface area contributed by atoms with Gasteiger partial charge in [0.2, 0.25) is 0 Å². The Bertz CT molecular complexity index is 208. The van der Waals surface area contributed by atoms with E-state index in [4.69, 9.17) is 4.74 Å². The molecule has 0 bridgehead atoms. The molecule has 1 rings (SSSR count). The van der Waals surface area contributed by atoms with Crippen molar-refractivity contribution in [2.45, 2.75) is 38.4 Å². The maximum atomic E-state index is 11.7. The summed E-state index contributed by atoms with van der Waals surface area (Å²) in [6.07, 6.45) is 2.03. The van der Waals surface area contributed by atoms with Crippen molar-refractivity contribution in [1.29, 1.82) is 0 Å². The molecule has 1 aliphatic heterocycles. The highest BCUT2D eigenvalue weighted by Crippen LogP contribution is 2.50. The van der Waals surface area contributed by atoms with Crippen LogP contribution in [0.15, 0.2) is 0 Å². The number of rotatable bonds is 4. The lowest BCUT2D eigenvalue weighted by Crippen LogP contribution is -2.33. The van der Waals surface area contributed by atoms with Crippen LogP contribution in [0.1, 0.15) is 33.6 Å². The Kier molecular flexibility index (Phi) is 4.64. The molecular formula is C10H17O2S2. The minimum absolute atomic E-state index is 0.0553. The summed E-state index contributed by atoms with van der Waals surface area (Å²) >= 11 is 3.39. The van der Waals surface area contributed by atoms with Crippen molar-refractivity contribution in [3.05, 3.63) is 4.58 Å². The molecule has 1 radical (unpaired) electrons. The van der Waals surface area contributed by atoms with Crippen molar-refractivity contribution in [3.63, 3.8) is 0 Å². The minimum atomic E-state index is -0.345. The number of thioether (sulfide) groups is 2. The van der Waals surface area contributed by atoms with Crippen LogP contribution in [0.5, 0.6) is 0 Å². The van der Waals surface area contributed by atoms with Crippen LogP contribution in [0, 0.1) is 4.58 Å². The third kappa shape index (κ3) is 3.09. The SMILES string of the molecule is CCCCOC(=O)C1(C)CS[C](C)S1. The van der Waals surface area contributed by atoms with Gasteiger partial charge in [-0.05, 0) is 20.3 Å². The van der Waals surface area contributed by atoms with Crippen molar-refractivity contribution in [2.75, 3.05) is 12.4 Å². The lowest BCUT2D eigenvalue weighted by atomic mass is 10.2. The molecule has 14 heavy (non-hydrogen) atoms. The van der Waals surface area contributed by atoms with Crippen molar-refractivity contribution in [3.8, 4) is 0 Å². The Balaban J connectivity index is 2.36. The zero-order valence-corrected chi connectivity index (χ0v) is 10.6. The molecule has 1 unspecified atom stereocenters. The summed E-state index contributed by atoms with van der Waals surface area (Å²) in [6.45, 7) is 6.68. The van der Waals surface area contributed by atoms with E-state index >= 15 is 0 Å². The standard InChI is InChI=1S/C10H17O2S2/c1-4-5-6-12-9(11)10(3)7-13-8(2)14-10/h4-7H2,1-3H3. The summed E-state index contributed by atoms with van der Waals surface area (Å²) < 4.78 is 6.15. The average Bonchev–Trinajstić information content (AvgIpc) is 2.48. The topological polar surface area (TPSA) is 26.3 Å². The molecule has 1 aliphatic rings. The van der Waals surface area contributed by atoms with Gasteiger partial charge in [0.1, 0.15) is 4.75 Å². The number of esters is 1. The molecule has 0 spiro atoms. The van der Waals surface area contributed by atoms with Crippen LogP contribution >= 0.6 is 23.5 Å². The van der Waals surface area contributed by atoms with Crippen LogP contribution in [0.3, 0.4) is 0 Å². The average molecular weight is 233 g/mol. The van der Waals surface area contributed by atoms with E-state index in [1.165, 1.54) is 4.58 Å². The molecule has 0 amide bonds. The highest BCUT2D eigenvalue weighted by Gasteiger charge is 2.42. The Labute approximate surface area is 94.5 Å². The summed E-state index contributed by atoms with van der Waals surface area (Å²) in [5.41, 5.74) is 0. The second-order valence-corrected chi connectivity index (χ2v) is 6.77. The van der Waals surface area contributed by atoms with Crippen LogP contribution in [-0.4, -0.2) is 23.1 Å². The van der Waals surface area contributed by atoms with Gasteiger partial charge in [-0.3, -0.25) is 4.79 Å². The summed E-state index contributed by atoms with van der Waals surface area (Å²) in [5, 5.41) is 0. The maximum Gasteiger partial charge on any atom is 0.322 e. The first-order valence-electron chi connectivity index (χ1n) is 4.91. The molecule has 1 fully saturated rings. The molecule has 1 atom stereocenters. The van der Waals surface area contributed by atoms with Crippen LogP contribution < -0.4 is 0 Å². The fourth-order valence-corrected chi connectivity index (χ4v) is 3.93. The van der Waals surface area contributed by atoms with Crippen LogP contribution in [-0.2, 0) is 9.53 Å². The van der Waals surface area contributed by atoms with Crippen molar-refractivity contribution in [2.24, 2.45) is 0 Å². The Morgan fingerprint density at radius 1 is 1.64 bits per heavy atom. The molecular weight excluding hydrogens is 216 g/mol. The van der Waals surface area contributed by atoms with E-state index in [9.17, 15) is 4.79 Å². The zero-order chi connectivity index (χ0) is 10.6. The Morgan fingerprint density at radius 2 is 2.36 bits per heavy atom. The molecule has 81 valence electrons. The van der Waals surface area contributed by atoms with E-state index in [-0.39, 0.29) is 10.7 Å². The number of carbonyl (C=O) groups excluding carboxylic acids is 1. The van der Waals surface area contributed by atoms with Gasteiger partial charge in [0.25, 0.3) is 0 Å². The van der Waals surface area contributed by atoms with Gasteiger partial charge in [0, 0.05) is 5.75 Å². The lowest BCUT2D eigenvalue weighted by Gasteiger charge is -2.19. The van der Waals surface area contributed by atoms with Crippen LogP contribution in [0.4, 0.5) is 0 Å². The number of ether oxygens (including phenoxy) is 1. The number of carbonyl (C=O) groups is 1. The molecule has 4 heteroatoms. The molecule has 0 N–H and O–H groups in total. The van der Waals surface area contributed by atoms with Crippen LogP contribution in [0.25, 0.3) is 0 Å². The molecule has 1 saturated heterocycles. The first-order chi connectivity index (χ1) is 6.58. The summed E-state index contributed by atoms with van der Waals surface area (Å²) in [4.78, 5) is 11.7. The van der Waals surface area contributed by atoms with Gasteiger partial charge in [-0.1, -0.05) is 13.3 Å². The number of hydrogen-bond acceptors (Lipinski definition) is 4. The maximum absolute atomic E-state index is 11.7. The van der Waals surface area contributed by atoms with E-state index < -0.39 is 0 Å². The molecule has 0 aromatic rings. The molecule has 0 aromatic carbocycles. The van der Waals surface area contributed by atoms with Crippen molar-refractivity contribution >= 4 is 29.5 Å². The minimum Gasteiger partial charge on any atom is -0.465 e. The quantitative estimate of drug-likeness (QED) is 0.550. The molecule has 2 nitrogen and oxygen atoms in total. The Hall–Kier alpha value is 0.170. The van der Waals surface area contributed by atoms with Crippen LogP contribution in [0.2, 0.25) is 0 Å². The van der Waals surface area contributed by atoms with Gasteiger partial charge in [0.15, 0.2) is 0 Å². The van der Waals surface area contributed by atoms with E-state index in [0.29, 0.717) is 6.61 Å². The zero-order valence-electron chi connectivity index (χ0n) is 8.96. The second kappa shape index (κ2) is 5.31. The summed E-state index contributed by atoms with van der Waals surface area (Å²) in [7, 11) is 0. The fraction of sp³-hybridized carbons (Fsp3) is 0.800. The molecule has 0 saturated carbocycles. The summed E-state index contributed by atoms with van der Waals surface area (Å²) in [6, 6.07) is 0. The molecule has 0 aromatic heterocycles. The second-order valence-electron chi connectivity index (χ2n) is 3.60. The van der Waals surface area contributed by atoms with Gasteiger partial charge in [0.05, 0.1) is 11.2 Å². The van der Waals surface area contributed by atoms with Gasteiger partial charge < -0.3 is 4.74 Å². The Morgan fingerprint density at radius 3 is 2.86 bits per heavy atom. The monoisotopic (exact) mass is 233 g/mol. The highest BCUT2D eigenvalue weighted by atomic mass is 32.2. The van der Waals surface area contributed by atoms with Gasteiger partial charge >= 0.3 is 5.97 Å². The predicted molar refractivity (Wildman–Crippen MR) is 63.2 cm³/mol. The first-order valence-corrected chi connectivity index (χ1v) is 6.71. The number of hydrogen-bond donors (Lipinski definition) is 0. The van der Waals surface area contributed by atoms with Gasteiger partial charge in [-0.2, -0.15) is 0 Å². The van der Waals surface area contributed by atoms with Gasteiger partial charge in [-0.15, -0.1) is 23.5 Å². The highest BCUT2D eigenvalue weighted by molar-refractivity contribution is 8.24. The van der Waals surface area contributed by atoms with Crippen molar-refractivity contribution in [1.82, 2.24) is 0 Å². The van der Waals surface area contributed by atoms with Crippen molar-refractivity contribution < 1.29 is 9.53 Å². The number of unbranched alkanes of at least 4 members (excludes halogenated alkanes) is 1. The van der Waals surface area contributed by atoms with E-state index in [1.54, 1.807) is 23.5 Å². The first kappa shape index (κ1) is 12.2. The molecule has 0 aliphatic carbocycles. The van der Waals surface area contributed by atoms with Gasteiger partial charge in [-0.25, -0.2) is 0 Å². The third-order valence-corrected chi connectivity index (χ3v) is 5.05. The smallest absolute Gasteiger partial charge is 0.322 e. The van der Waals surface area contributed by atoms with E-state index in [1.807, 2.05) is 6.92 Å². The normalized spacial score (nSPS) is 27.9. The van der Waals surface area contributed by atoms with E-state index in [2.05, 4.69) is 13.8 Å². The predicted octanol–water partition coefficient (Wildman–Crippen LogP) is 3.08. The fourth-order valence-electron chi connectivity index (χ4n) is 1.18. The summed E-state index contributed by atoms with van der Waals surface area (Å²) in [5.74, 6) is 0.786.